The van der Waals surface area contributed by atoms with Crippen molar-refractivity contribution in [2.75, 3.05) is 6.61 Å². The van der Waals surface area contributed by atoms with Crippen molar-refractivity contribution in [3.63, 3.8) is 0 Å². The number of carbonyl (C=O) groups excluding carboxylic acids is 2. The molecule has 0 radical (unpaired) electrons. The molecule has 0 spiro atoms. The summed E-state index contributed by atoms with van der Waals surface area (Å²) in [6.07, 6.45) is 0. The van der Waals surface area contributed by atoms with Crippen LogP contribution in [0.4, 0.5) is 0 Å². The molecule has 0 aliphatic rings. The van der Waals surface area contributed by atoms with Crippen molar-refractivity contribution in [2.45, 2.75) is 33.7 Å². The Morgan fingerprint density at radius 1 is 1.33 bits per heavy atom. The van der Waals surface area contributed by atoms with Gasteiger partial charge in [0.05, 0.1) is 12.1 Å². The largest absolute Gasteiger partial charge is 0.460 e. The first kappa shape index (κ1) is 15.6. The number of carbonyl (C=O) groups is 2. The zero-order valence-electron chi connectivity index (χ0n) is 12.6. The number of Topliss-reactive ketones (excluding diaryl/α,β-unsaturated/α-hetero) is 1. The molecule has 1 heterocycles. The predicted octanol–water partition coefficient (Wildman–Crippen LogP) is 3.93. The number of fused-ring (bicyclic) bond motifs is 1. The van der Waals surface area contributed by atoms with Crippen molar-refractivity contribution in [3.05, 3.63) is 34.5 Å². The predicted molar refractivity (Wildman–Crippen MR) is 83.0 cm³/mol. The molecule has 0 unspecified atom stereocenters. The molecule has 0 saturated heterocycles. The summed E-state index contributed by atoms with van der Waals surface area (Å²) in [5, 5.41) is 1.51. The molecule has 0 aliphatic carbocycles. The van der Waals surface area contributed by atoms with Crippen LogP contribution in [0, 0.1) is 6.92 Å². The van der Waals surface area contributed by atoms with Crippen LogP contribution < -0.4 is 0 Å². The number of ketones is 1. The molecular formula is C16H18ClNO3. The molecule has 2 aromatic rings. The van der Waals surface area contributed by atoms with Crippen LogP contribution in [0.3, 0.4) is 0 Å². The number of esters is 1. The van der Waals surface area contributed by atoms with Crippen LogP contribution in [0.5, 0.6) is 0 Å². The van der Waals surface area contributed by atoms with E-state index in [1.54, 1.807) is 13.0 Å². The van der Waals surface area contributed by atoms with E-state index in [1.165, 1.54) is 0 Å². The second-order valence-corrected chi connectivity index (χ2v) is 5.58. The summed E-state index contributed by atoms with van der Waals surface area (Å²) in [6, 6.07) is 5.48. The summed E-state index contributed by atoms with van der Waals surface area (Å²) >= 11 is 6.06. The lowest BCUT2D eigenvalue weighted by molar-refractivity contribution is -0.137. The Kier molecular flexibility index (Phi) is 4.37. The fourth-order valence-electron chi connectivity index (χ4n) is 2.56. The highest BCUT2D eigenvalue weighted by Crippen LogP contribution is 2.31. The van der Waals surface area contributed by atoms with Gasteiger partial charge in [-0.1, -0.05) is 17.7 Å². The number of benzene rings is 1. The fraction of sp³-hybridized carbons (Fsp3) is 0.375. The van der Waals surface area contributed by atoms with E-state index in [9.17, 15) is 9.59 Å². The van der Waals surface area contributed by atoms with Gasteiger partial charge in [-0.2, -0.15) is 0 Å². The third-order valence-electron chi connectivity index (χ3n) is 3.41. The van der Waals surface area contributed by atoms with Gasteiger partial charge in [0.2, 0.25) is 0 Å². The number of aromatic nitrogens is 1. The maximum absolute atomic E-state index is 12.4. The summed E-state index contributed by atoms with van der Waals surface area (Å²) in [5.74, 6) is -1.44. The van der Waals surface area contributed by atoms with Crippen molar-refractivity contribution < 1.29 is 14.3 Å². The zero-order valence-corrected chi connectivity index (χ0v) is 13.3. The first-order valence-electron chi connectivity index (χ1n) is 6.90. The highest BCUT2D eigenvalue weighted by atomic mass is 35.5. The van der Waals surface area contributed by atoms with Gasteiger partial charge in [-0.05, 0) is 45.4 Å². The van der Waals surface area contributed by atoms with Gasteiger partial charge in [0.25, 0.3) is 5.78 Å². The summed E-state index contributed by atoms with van der Waals surface area (Å²) < 4.78 is 6.68. The van der Waals surface area contributed by atoms with E-state index >= 15 is 0 Å². The van der Waals surface area contributed by atoms with Gasteiger partial charge < -0.3 is 9.30 Å². The van der Waals surface area contributed by atoms with Crippen LogP contribution in [0.15, 0.2) is 18.2 Å². The molecular weight excluding hydrogens is 290 g/mol. The quantitative estimate of drug-likeness (QED) is 0.488. The van der Waals surface area contributed by atoms with Crippen LogP contribution in [0.25, 0.3) is 10.9 Å². The lowest BCUT2D eigenvalue weighted by Gasteiger charge is -2.14. The number of hydrogen-bond donors (Lipinski definition) is 0. The zero-order chi connectivity index (χ0) is 15.7. The molecule has 0 N–H and O–H groups in total. The minimum Gasteiger partial charge on any atom is -0.460 e. The number of halogens is 1. The SMILES string of the molecule is CCOC(=O)C(=O)c1c(C)c2ccc(Cl)cc2n1C(C)C. The highest BCUT2D eigenvalue weighted by molar-refractivity contribution is 6.41. The Hall–Kier alpha value is -1.81. The number of ether oxygens (including phenoxy) is 1. The first-order valence-corrected chi connectivity index (χ1v) is 7.27. The van der Waals surface area contributed by atoms with Crippen LogP contribution >= 0.6 is 11.6 Å². The molecule has 0 fully saturated rings. The minimum absolute atomic E-state index is 0.0213. The summed E-state index contributed by atoms with van der Waals surface area (Å²) in [7, 11) is 0. The Bertz CT molecular complexity index is 716. The van der Waals surface area contributed by atoms with Gasteiger partial charge in [0.15, 0.2) is 0 Å². The normalized spacial score (nSPS) is 11.1. The van der Waals surface area contributed by atoms with Gasteiger partial charge in [-0.3, -0.25) is 4.79 Å². The van der Waals surface area contributed by atoms with E-state index < -0.39 is 11.8 Å². The molecule has 21 heavy (non-hydrogen) atoms. The average molecular weight is 308 g/mol. The fourth-order valence-corrected chi connectivity index (χ4v) is 2.73. The second kappa shape index (κ2) is 5.90. The van der Waals surface area contributed by atoms with E-state index in [-0.39, 0.29) is 12.6 Å². The maximum atomic E-state index is 12.4. The Labute approximate surface area is 128 Å². The second-order valence-electron chi connectivity index (χ2n) is 5.15. The van der Waals surface area contributed by atoms with E-state index in [1.807, 2.05) is 37.5 Å². The van der Waals surface area contributed by atoms with Gasteiger partial charge >= 0.3 is 5.97 Å². The first-order chi connectivity index (χ1) is 9.88. The third-order valence-corrected chi connectivity index (χ3v) is 3.65. The average Bonchev–Trinajstić information content (AvgIpc) is 2.70. The molecule has 2 rings (SSSR count). The molecule has 0 atom stereocenters. The van der Waals surface area contributed by atoms with Crippen molar-refractivity contribution >= 4 is 34.3 Å². The van der Waals surface area contributed by atoms with E-state index in [0.29, 0.717) is 10.7 Å². The lowest BCUT2D eigenvalue weighted by Crippen LogP contribution is -2.22. The van der Waals surface area contributed by atoms with Gasteiger partial charge in [0, 0.05) is 16.5 Å². The molecule has 4 nitrogen and oxygen atoms in total. The molecule has 112 valence electrons. The van der Waals surface area contributed by atoms with Crippen molar-refractivity contribution in [3.8, 4) is 0 Å². The minimum atomic E-state index is -0.823. The van der Waals surface area contributed by atoms with Crippen molar-refractivity contribution in [1.82, 2.24) is 4.57 Å². The molecule has 5 heteroatoms. The Morgan fingerprint density at radius 3 is 2.57 bits per heavy atom. The van der Waals surface area contributed by atoms with Crippen LogP contribution in [0.2, 0.25) is 5.02 Å². The summed E-state index contributed by atoms with van der Waals surface area (Å²) in [5.41, 5.74) is 2.00. The van der Waals surface area contributed by atoms with Crippen LogP contribution in [-0.2, 0) is 9.53 Å². The topological polar surface area (TPSA) is 48.3 Å². The summed E-state index contributed by atoms with van der Waals surface area (Å²) in [6.45, 7) is 7.61. The standard InChI is InChI=1S/C16H18ClNO3/c1-5-21-16(20)15(19)14-10(4)12-7-6-11(17)8-13(12)18(14)9(2)3/h6-9H,5H2,1-4H3. The molecule has 0 aliphatic heterocycles. The number of rotatable bonds is 4. The number of nitrogens with zero attached hydrogens (tertiary/aromatic N) is 1. The van der Waals surface area contributed by atoms with E-state index in [4.69, 9.17) is 16.3 Å². The summed E-state index contributed by atoms with van der Waals surface area (Å²) in [4.78, 5) is 24.2. The lowest BCUT2D eigenvalue weighted by atomic mass is 10.1. The molecule has 1 aromatic carbocycles. The van der Waals surface area contributed by atoms with Crippen molar-refractivity contribution in [1.29, 1.82) is 0 Å². The maximum Gasteiger partial charge on any atom is 0.381 e. The third kappa shape index (κ3) is 2.68. The molecule has 0 saturated carbocycles. The van der Waals surface area contributed by atoms with Crippen LogP contribution in [-0.4, -0.2) is 22.9 Å². The van der Waals surface area contributed by atoms with Gasteiger partial charge in [0.1, 0.15) is 5.69 Å². The smallest absolute Gasteiger partial charge is 0.381 e. The van der Waals surface area contributed by atoms with Crippen molar-refractivity contribution in [2.24, 2.45) is 0 Å². The highest BCUT2D eigenvalue weighted by Gasteiger charge is 2.27. The molecule has 1 aromatic heterocycles. The van der Waals surface area contributed by atoms with Crippen LogP contribution in [0.1, 0.15) is 42.9 Å². The van der Waals surface area contributed by atoms with E-state index in [2.05, 4.69) is 0 Å². The molecule has 0 bridgehead atoms. The monoisotopic (exact) mass is 307 g/mol. The molecule has 0 amide bonds. The van der Waals surface area contributed by atoms with E-state index in [0.717, 1.165) is 16.5 Å². The Balaban J connectivity index is 2.73. The van der Waals surface area contributed by atoms with Gasteiger partial charge in [-0.15, -0.1) is 0 Å². The Morgan fingerprint density at radius 2 is 2.00 bits per heavy atom. The van der Waals surface area contributed by atoms with Gasteiger partial charge in [-0.25, -0.2) is 4.79 Å². The number of aryl methyl sites for hydroxylation is 1. The number of hydrogen-bond acceptors (Lipinski definition) is 3.